The highest BCUT2D eigenvalue weighted by molar-refractivity contribution is 6.33. The third-order valence-corrected chi connectivity index (χ3v) is 2.41. The first-order chi connectivity index (χ1) is 7.00. The Morgan fingerprint density at radius 1 is 1.33 bits per heavy atom. The van der Waals surface area contributed by atoms with Gasteiger partial charge < -0.3 is 0 Å². The average Bonchev–Trinajstić information content (AvgIpc) is 2.16. The van der Waals surface area contributed by atoms with E-state index in [-0.39, 0.29) is 5.78 Å². The van der Waals surface area contributed by atoms with Crippen molar-refractivity contribution in [2.24, 2.45) is 5.92 Å². The molecule has 1 rings (SSSR count). The maximum absolute atomic E-state index is 11.7. The van der Waals surface area contributed by atoms with Crippen LogP contribution >= 0.6 is 11.6 Å². The third kappa shape index (κ3) is 3.67. The molecule has 0 N–H and O–H groups in total. The zero-order valence-electron chi connectivity index (χ0n) is 9.46. The van der Waals surface area contributed by atoms with Gasteiger partial charge in [0.2, 0.25) is 0 Å². The fourth-order valence-electron chi connectivity index (χ4n) is 1.55. The van der Waals surface area contributed by atoms with Crippen LogP contribution in [-0.2, 0) is 6.42 Å². The predicted molar refractivity (Wildman–Crippen MR) is 64.6 cm³/mol. The second-order valence-electron chi connectivity index (χ2n) is 4.28. The molecule has 15 heavy (non-hydrogen) atoms. The molecule has 1 unspecified atom stereocenters. The number of hydrogen-bond acceptors (Lipinski definition) is 1. The fraction of sp³-hybridized carbons (Fsp3) is 0.462. The number of hydrogen-bond donors (Lipinski definition) is 0. The van der Waals surface area contributed by atoms with Crippen molar-refractivity contribution in [1.82, 2.24) is 0 Å². The molecule has 2 heteroatoms. The van der Waals surface area contributed by atoms with E-state index in [0.29, 0.717) is 5.92 Å². The summed E-state index contributed by atoms with van der Waals surface area (Å²) in [4.78, 5) is 11.7. The number of halogens is 1. The van der Waals surface area contributed by atoms with Gasteiger partial charge in [-0.05, 0) is 30.9 Å². The van der Waals surface area contributed by atoms with Gasteiger partial charge in [0.25, 0.3) is 0 Å². The number of alkyl halides is 1. The zero-order chi connectivity index (χ0) is 11.4. The molecular formula is C13H17ClO. The number of ketones is 1. The average molecular weight is 225 g/mol. The first kappa shape index (κ1) is 12.3. The molecule has 0 saturated carbocycles. The van der Waals surface area contributed by atoms with Crippen LogP contribution in [0.5, 0.6) is 0 Å². The lowest BCUT2D eigenvalue weighted by Gasteiger charge is -2.07. The van der Waals surface area contributed by atoms with E-state index in [1.165, 1.54) is 5.56 Å². The lowest BCUT2D eigenvalue weighted by atomic mass is 9.99. The van der Waals surface area contributed by atoms with Crippen LogP contribution in [0.2, 0.25) is 0 Å². The molecule has 0 aromatic heterocycles. The van der Waals surface area contributed by atoms with Crippen molar-refractivity contribution >= 4 is 17.4 Å². The summed E-state index contributed by atoms with van der Waals surface area (Å²) in [5, 5.41) is -0.445. The Hall–Kier alpha value is -0.820. The maximum atomic E-state index is 11.7. The summed E-state index contributed by atoms with van der Waals surface area (Å²) in [6.45, 7) is 6.04. The van der Waals surface area contributed by atoms with E-state index < -0.39 is 5.38 Å². The second-order valence-corrected chi connectivity index (χ2v) is 4.93. The van der Waals surface area contributed by atoms with Gasteiger partial charge >= 0.3 is 0 Å². The molecule has 1 aromatic carbocycles. The van der Waals surface area contributed by atoms with E-state index in [2.05, 4.69) is 19.9 Å². The van der Waals surface area contributed by atoms with E-state index in [0.717, 1.165) is 12.0 Å². The highest BCUT2D eigenvalue weighted by Gasteiger charge is 2.12. The topological polar surface area (TPSA) is 17.1 Å². The molecule has 0 spiro atoms. The van der Waals surface area contributed by atoms with E-state index in [9.17, 15) is 4.79 Å². The van der Waals surface area contributed by atoms with Gasteiger partial charge in [0.1, 0.15) is 0 Å². The Morgan fingerprint density at radius 2 is 2.00 bits per heavy atom. The minimum absolute atomic E-state index is 0.00210. The van der Waals surface area contributed by atoms with Crippen molar-refractivity contribution in [2.75, 3.05) is 0 Å². The molecule has 0 bridgehead atoms. The van der Waals surface area contributed by atoms with Crippen LogP contribution in [0.1, 0.15) is 36.7 Å². The maximum Gasteiger partial charge on any atom is 0.180 e. The Bertz CT molecular complexity index is 342. The quantitative estimate of drug-likeness (QED) is 0.563. The number of carbonyl (C=O) groups excluding carboxylic acids is 1. The van der Waals surface area contributed by atoms with Crippen LogP contribution < -0.4 is 0 Å². The molecule has 0 aliphatic rings. The zero-order valence-corrected chi connectivity index (χ0v) is 10.2. The van der Waals surface area contributed by atoms with Crippen molar-refractivity contribution in [1.29, 1.82) is 0 Å². The van der Waals surface area contributed by atoms with Crippen LogP contribution in [0.15, 0.2) is 24.3 Å². The van der Waals surface area contributed by atoms with Crippen LogP contribution in [0, 0.1) is 5.92 Å². The van der Waals surface area contributed by atoms with Gasteiger partial charge in [-0.2, -0.15) is 0 Å². The normalized spacial score (nSPS) is 12.9. The number of benzene rings is 1. The molecular weight excluding hydrogens is 208 g/mol. The summed E-state index contributed by atoms with van der Waals surface area (Å²) in [7, 11) is 0. The Kier molecular flexibility index (Phi) is 4.34. The van der Waals surface area contributed by atoms with Crippen LogP contribution in [0.25, 0.3) is 0 Å². The molecule has 1 nitrogen and oxygen atoms in total. The first-order valence-corrected chi connectivity index (χ1v) is 5.71. The summed E-state index contributed by atoms with van der Waals surface area (Å²) in [6, 6.07) is 7.74. The number of carbonyl (C=O) groups is 1. The molecule has 1 atom stereocenters. The molecule has 0 aliphatic heterocycles. The van der Waals surface area contributed by atoms with Gasteiger partial charge in [0.05, 0.1) is 5.38 Å². The molecule has 0 fully saturated rings. The van der Waals surface area contributed by atoms with Crippen LogP contribution in [-0.4, -0.2) is 11.2 Å². The second kappa shape index (κ2) is 5.32. The Balaban J connectivity index is 2.87. The van der Waals surface area contributed by atoms with Gasteiger partial charge in [0, 0.05) is 5.56 Å². The summed E-state index contributed by atoms with van der Waals surface area (Å²) in [5.74, 6) is 0.603. The van der Waals surface area contributed by atoms with E-state index >= 15 is 0 Å². The standard InChI is InChI=1S/C13H17ClO/c1-9(2)7-11-5-4-6-12(8-11)13(15)10(3)14/h4-6,8-10H,7H2,1-3H3. The number of rotatable bonds is 4. The highest BCUT2D eigenvalue weighted by Crippen LogP contribution is 2.13. The molecule has 0 amide bonds. The summed E-state index contributed by atoms with van der Waals surface area (Å²) < 4.78 is 0. The lowest BCUT2D eigenvalue weighted by molar-refractivity contribution is 0.0991. The van der Waals surface area contributed by atoms with E-state index in [1.807, 2.05) is 18.2 Å². The molecule has 82 valence electrons. The molecule has 1 aromatic rings. The van der Waals surface area contributed by atoms with E-state index in [4.69, 9.17) is 11.6 Å². The minimum atomic E-state index is -0.445. The fourth-order valence-corrected chi connectivity index (χ4v) is 1.68. The highest BCUT2D eigenvalue weighted by atomic mass is 35.5. The van der Waals surface area contributed by atoms with Gasteiger partial charge in [-0.15, -0.1) is 11.6 Å². The smallest absolute Gasteiger partial charge is 0.180 e. The summed E-state index contributed by atoms with van der Waals surface area (Å²) in [6.07, 6.45) is 0.998. The van der Waals surface area contributed by atoms with Crippen molar-refractivity contribution < 1.29 is 4.79 Å². The van der Waals surface area contributed by atoms with Gasteiger partial charge in [-0.1, -0.05) is 32.0 Å². The number of Topliss-reactive ketones (excluding diaryl/α,β-unsaturated/α-hetero) is 1. The summed E-state index contributed by atoms with van der Waals surface area (Å²) >= 11 is 5.77. The van der Waals surface area contributed by atoms with Crippen molar-refractivity contribution in [3.63, 3.8) is 0 Å². The monoisotopic (exact) mass is 224 g/mol. The minimum Gasteiger partial charge on any atom is -0.293 e. The SMILES string of the molecule is CC(C)Cc1cccc(C(=O)C(C)Cl)c1. The van der Waals surface area contributed by atoms with E-state index in [1.54, 1.807) is 6.92 Å². The van der Waals surface area contributed by atoms with Gasteiger partial charge in [-0.25, -0.2) is 0 Å². The third-order valence-electron chi connectivity index (χ3n) is 2.22. The lowest BCUT2D eigenvalue weighted by Crippen LogP contribution is -2.10. The Labute approximate surface area is 96.5 Å². The van der Waals surface area contributed by atoms with Crippen LogP contribution in [0.4, 0.5) is 0 Å². The molecule has 0 radical (unpaired) electrons. The largest absolute Gasteiger partial charge is 0.293 e. The summed E-state index contributed by atoms with van der Waals surface area (Å²) in [5.41, 5.74) is 1.92. The van der Waals surface area contributed by atoms with Gasteiger partial charge in [0.15, 0.2) is 5.78 Å². The van der Waals surface area contributed by atoms with Gasteiger partial charge in [-0.3, -0.25) is 4.79 Å². The molecule has 0 heterocycles. The first-order valence-electron chi connectivity index (χ1n) is 5.28. The Morgan fingerprint density at radius 3 is 2.53 bits per heavy atom. The molecule has 0 saturated heterocycles. The van der Waals surface area contributed by atoms with Crippen molar-refractivity contribution in [3.8, 4) is 0 Å². The molecule has 0 aliphatic carbocycles. The van der Waals surface area contributed by atoms with Crippen molar-refractivity contribution in [3.05, 3.63) is 35.4 Å². The van der Waals surface area contributed by atoms with Crippen LogP contribution in [0.3, 0.4) is 0 Å². The van der Waals surface area contributed by atoms with Crippen molar-refractivity contribution in [2.45, 2.75) is 32.6 Å². The predicted octanol–water partition coefficient (Wildman–Crippen LogP) is 3.70.